The van der Waals surface area contributed by atoms with Crippen molar-refractivity contribution in [1.29, 1.82) is 0 Å². The fraction of sp³-hybridized carbons (Fsp3) is 0.562. The van der Waals surface area contributed by atoms with E-state index in [9.17, 15) is 26.4 Å². The number of rotatable bonds is 7. The summed E-state index contributed by atoms with van der Waals surface area (Å²) in [5.74, 6) is -0.335. The molecule has 7 nitrogen and oxygen atoms in total. The van der Waals surface area contributed by atoms with Crippen LogP contribution < -0.4 is 4.72 Å². The van der Waals surface area contributed by atoms with Gasteiger partial charge in [-0.15, -0.1) is 0 Å². The van der Waals surface area contributed by atoms with E-state index in [2.05, 4.69) is 4.72 Å². The average molecular weight is 409 g/mol. The smallest absolute Gasteiger partial charge is 0.383 e. The highest BCUT2D eigenvalue weighted by Gasteiger charge is 2.33. The van der Waals surface area contributed by atoms with E-state index in [1.165, 1.54) is 41.2 Å². The fourth-order valence-electron chi connectivity index (χ4n) is 2.68. The lowest BCUT2D eigenvalue weighted by Gasteiger charge is -2.35. The second-order valence-corrected chi connectivity index (χ2v) is 7.87. The highest BCUT2D eigenvalue weighted by Crippen LogP contribution is 2.18. The van der Waals surface area contributed by atoms with Crippen LogP contribution in [0.2, 0.25) is 0 Å². The molecule has 0 atom stereocenters. The van der Waals surface area contributed by atoms with Crippen LogP contribution in [0, 0.1) is 0 Å². The van der Waals surface area contributed by atoms with Gasteiger partial charge in [0.2, 0.25) is 10.0 Å². The van der Waals surface area contributed by atoms with Crippen molar-refractivity contribution in [2.75, 3.05) is 53.0 Å². The maximum Gasteiger partial charge on any atom is 0.401 e. The zero-order valence-electron chi connectivity index (χ0n) is 14.8. The largest absolute Gasteiger partial charge is 0.401 e. The van der Waals surface area contributed by atoms with E-state index >= 15 is 0 Å². The zero-order chi connectivity index (χ0) is 20.1. The van der Waals surface area contributed by atoms with E-state index in [1.807, 2.05) is 0 Å². The highest BCUT2D eigenvalue weighted by atomic mass is 32.2. The van der Waals surface area contributed by atoms with Crippen molar-refractivity contribution in [3.8, 4) is 0 Å². The Bertz CT molecular complexity index is 730. The lowest BCUT2D eigenvalue weighted by Crippen LogP contribution is -2.50. The quantitative estimate of drug-likeness (QED) is 0.678. The molecule has 1 aromatic carbocycles. The molecule has 1 aliphatic rings. The van der Waals surface area contributed by atoms with Gasteiger partial charge in [-0.05, 0) is 24.3 Å². The summed E-state index contributed by atoms with van der Waals surface area (Å²) in [5, 5.41) is 0. The summed E-state index contributed by atoms with van der Waals surface area (Å²) in [7, 11) is -2.24. The molecule has 152 valence electrons. The van der Waals surface area contributed by atoms with Crippen molar-refractivity contribution in [3.05, 3.63) is 29.8 Å². The summed E-state index contributed by atoms with van der Waals surface area (Å²) in [5.41, 5.74) is 0.287. The molecule has 11 heteroatoms. The van der Waals surface area contributed by atoms with Gasteiger partial charge in [0, 0.05) is 45.4 Å². The third-order valence-electron chi connectivity index (χ3n) is 4.07. The topological polar surface area (TPSA) is 78.9 Å². The van der Waals surface area contributed by atoms with E-state index in [1.54, 1.807) is 0 Å². The number of carbonyl (C=O) groups excluding carboxylic acids is 1. The van der Waals surface area contributed by atoms with Crippen LogP contribution in [0.3, 0.4) is 0 Å². The Balaban J connectivity index is 1.94. The predicted octanol–water partition coefficient (Wildman–Crippen LogP) is 0.931. The van der Waals surface area contributed by atoms with Gasteiger partial charge in [-0.2, -0.15) is 13.2 Å². The van der Waals surface area contributed by atoms with Crippen LogP contribution in [0.5, 0.6) is 0 Å². The van der Waals surface area contributed by atoms with E-state index < -0.39 is 22.7 Å². The first-order valence-electron chi connectivity index (χ1n) is 8.29. The average Bonchev–Trinajstić information content (AvgIpc) is 2.61. The molecule has 1 heterocycles. The number of alkyl halides is 3. The monoisotopic (exact) mass is 409 g/mol. The first-order valence-corrected chi connectivity index (χ1v) is 9.78. The summed E-state index contributed by atoms with van der Waals surface area (Å²) >= 11 is 0. The SMILES string of the molecule is COCCNS(=O)(=O)c1ccc(C(=O)N2CCN(CC(F)(F)F)CC2)cc1. The Morgan fingerprint density at radius 3 is 2.26 bits per heavy atom. The van der Waals surface area contributed by atoms with Crippen molar-refractivity contribution in [3.63, 3.8) is 0 Å². The molecule has 0 spiro atoms. The number of halogens is 3. The number of piperazine rings is 1. The molecular formula is C16H22F3N3O4S. The van der Waals surface area contributed by atoms with Crippen molar-refractivity contribution in [2.45, 2.75) is 11.1 Å². The molecule has 1 fully saturated rings. The second kappa shape index (κ2) is 9.00. The van der Waals surface area contributed by atoms with Gasteiger partial charge in [-0.3, -0.25) is 9.69 Å². The first kappa shape index (κ1) is 21.6. The fourth-order valence-corrected chi connectivity index (χ4v) is 3.70. The van der Waals surface area contributed by atoms with Gasteiger partial charge in [0.25, 0.3) is 5.91 Å². The third-order valence-corrected chi connectivity index (χ3v) is 5.55. The van der Waals surface area contributed by atoms with Crippen molar-refractivity contribution >= 4 is 15.9 Å². The van der Waals surface area contributed by atoms with Gasteiger partial charge >= 0.3 is 6.18 Å². The van der Waals surface area contributed by atoms with Crippen molar-refractivity contribution < 1.29 is 31.1 Å². The number of hydrogen-bond donors (Lipinski definition) is 1. The second-order valence-electron chi connectivity index (χ2n) is 6.10. The number of methoxy groups -OCH3 is 1. The molecule has 2 rings (SSSR count). The molecule has 0 aromatic heterocycles. The first-order chi connectivity index (χ1) is 12.6. The van der Waals surface area contributed by atoms with Gasteiger partial charge in [0.1, 0.15) is 0 Å². The molecule has 1 aromatic rings. The summed E-state index contributed by atoms with van der Waals surface area (Å²) < 4.78 is 68.5. The molecule has 0 bridgehead atoms. The molecule has 0 saturated carbocycles. The van der Waals surface area contributed by atoms with Crippen LogP contribution in [0.25, 0.3) is 0 Å². The summed E-state index contributed by atoms with van der Waals surface area (Å²) in [6, 6.07) is 5.44. The molecule has 27 heavy (non-hydrogen) atoms. The molecule has 1 aliphatic heterocycles. The van der Waals surface area contributed by atoms with Gasteiger partial charge in [-0.25, -0.2) is 13.1 Å². The minimum absolute atomic E-state index is 0.0187. The van der Waals surface area contributed by atoms with Crippen LogP contribution in [0.4, 0.5) is 13.2 Å². The molecule has 0 radical (unpaired) electrons. The Hall–Kier alpha value is -1.69. The highest BCUT2D eigenvalue weighted by molar-refractivity contribution is 7.89. The summed E-state index contributed by atoms with van der Waals surface area (Å²) in [4.78, 5) is 15.2. The molecule has 1 amide bonds. The number of ether oxygens (including phenoxy) is 1. The van der Waals surface area contributed by atoms with Crippen LogP contribution in [-0.4, -0.2) is 83.3 Å². The normalized spacial score (nSPS) is 16.5. The van der Waals surface area contributed by atoms with Crippen LogP contribution in [0.15, 0.2) is 29.2 Å². The number of nitrogens with one attached hydrogen (secondary N) is 1. The van der Waals surface area contributed by atoms with E-state index in [4.69, 9.17) is 4.74 Å². The number of amides is 1. The van der Waals surface area contributed by atoms with Crippen LogP contribution in [-0.2, 0) is 14.8 Å². The third kappa shape index (κ3) is 6.45. The van der Waals surface area contributed by atoms with E-state index in [0.717, 1.165) is 0 Å². The van der Waals surface area contributed by atoms with Gasteiger partial charge in [0.15, 0.2) is 0 Å². The molecule has 0 unspecified atom stereocenters. The number of carbonyl (C=O) groups is 1. The molecule has 0 aliphatic carbocycles. The number of benzene rings is 1. The molecule has 1 N–H and O–H groups in total. The van der Waals surface area contributed by atoms with E-state index in [-0.39, 0.29) is 55.7 Å². The Kier molecular flexibility index (Phi) is 7.20. The number of nitrogens with zero attached hydrogens (tertiary/aromatic N) is 2. The maximum absolute atomic E-state index is 12.5. The maximum atomic E-state index is 12.5. The van der Waals surface area contributed by atoms with Gasteiger partial charge < -0.3 is 9.64 Å². The van der Waals surface area contributed by atoms with Gasteiger partial charge in [-0.1, -0.05) is 0 Å². The Labute approximate surface area is 156 Å². The Morgan fingerprint density at radius 1 is 1.15 bits per heavy atom. The minimum Gasteiger partial charge on any atom is -0.383 e. The number of sulfonamides is 1. The summed E-state index contributed by atoms with van der Waals surface area (Å²) in [6.45, 7) is 0.0266. The number of hydrogen-bond acceptors (Lipinski definition) is 5. The molecular weight excluding hydrogens is 387 g/mol. The lowest BCUT2D eigenvalue weighted by atomic mass is 10.2. The Morgan fingerprint density at radius 2 is 1.74 bits per heavy atom. The zero-order valence-corrected chi connectivity index (χ0v) is 15.6. The van der Waals surface area contributed by atoms with Gasteiger partial charge in [0.05, 0.1) is 18.0 Å². The van der Waals surface area contributed by atoms with Crippen LogP contribution >= 0.6 is 0 Å². The summed E-state index contributed by atoms with van der Waals surface area (Å²) in [6.07, 6.45) is -4.26. The van der Waals surface area contributed by atoms with Crippen molar-refractivity contribution in [1.82, 2.24) is 14.5 Å². The van der Waals surface area contributed by atoms with Crippen molar-refractivity contribution in [2.24, 2.45) is 0 Å². The standard InChI is InChI=1S/C16H22F3N3O4S/c1-26-11-6-20-27(24,25)14-4-2-13(3-5-14)15(23)22-9-7-21(8-10-22)12-16(17,18)19/h2-5,20H,6-12H2,1H3. The molecule has 1 saturated heterocycles. The van der Waals surface area contributed by atoms with E-state index in [0.29, 0.717) is 0 Å². The minimum atomic E-state index is -4.26. The predicted molar refractivity (Wildman–Crippen MR) is 91.9 cm³/mol. The lowest BCUT2D eigenvalue weighted by molar-refractivity contribution is -0.148. The van der Waals surface area contributed by atoms with Crippen LogP contribution in [0.1, 0.15) is 10.4 Å².